The average molecular weight is 516 g/mol. The highest BCUT2D eigenvalue weighted by Gasteiger charge is 2.48. The van der Waals surface area contributed by atoms with Crippen LogP contribution in [0.5, 0.6) is 0 Å². The lowest BCUT2D eigenvalue weighted by atomic mass is 10.0. The molecule has 2 aromatic carbocycles. The fourth-order valence-corrected chi connectivity index (χ4v) is 5.52. The fourth-order valence-electron chi connectivity index (χ4n) is 5.52. The Morgan fingerprint density at radius 2 is 1.58 bits per heavy atom. The van der Waals surface area contributed by atoms with Crippen LogP contribution in [0.3, 0.4) is 0 Å². The number of ether oxygens (including phenoxy) is 1. The van der Waals surface area contributed by atoms with Crippen LogP contribution in [0, 0.1) is 0 Å². The van der Waals surface area contributed by atoms with Gasteiger partial charge < -0.3 is 30.0 Å². The number of carbonyl (C=O) groups is 3. The second-order valence-corrected chi connectivity index (χ2v) is 10.9. The second-order valence-electron chi connectivity index (χ2n) is 10.9. The van der Waals surface area contributed by atoms with Gasteiger partial charge in [-0.3, -0.25) is 9.59 Å². The molecule has 2 saturated heterocycles. The number of oxime groups is 1. The molecule has 0 aromatic heterocycles. The SMILES string of the molecule is CC(C)(C)OC(=O)N1C[C@@H]2C[C@H]1CN2C(=O)CO/N=C1/C(=C2/C(=O)Nc3ccccc32)Nc2ccccc21. The number of allylic oxidation sites excluding steroid dienone is 1. The van der Waals surface area contributed by atoms with Gasteiger partial charge in [-0.2, -0.15) is 0 Å². The van der Waals surface area contributed by atoms with Crippen molar-refractivity contribution in [2.24, 2.45) is 5.16 Å². The summed E-state index contributed by atoms with van der Waals surface area (Å²) in [6.07, 6.45) is 0.381. The molecule has 0 unspecified atom stereocenters. The summed E-state index contributed by atoms with van der Waals surface area (Å²) in [5.74, 6) is -0.420. The molecule has 4 aliphatic heterocycles. The molecule has 10 heteroatoms. The van der Waals surface area contributed by atoms with Gasteiger partial charge in [0, 0.05) is 35.6 Å². The van der Waals surface area contributed by atoms with Crippen molar-refractivity contribution in [2.75, 3.05) is 30.3 Å². The van der Waals surface area contributed by atoms with Gasteiger partial charge in [-0.25, -0.2) is 4.79 Å². The highest BCUT2D eigenvalue weighted by atomic mass is 16.6. The molecule has 3 amide bonds. The minimum atomic E-state index is -0.565. The smallest absolute Gasteiger partial charge is 0.410 e. The molecule has 4 heterocycles. The third-order valence-electron chi connectivity index (χ3n) is 7.13. The molecule has 2 N–H and O–H groups in total. The van der Waals surface area contributed by atoms with E-state index in [-0.39, 0.29) is 36.6 Å². The van der Waals surface area contributed by atoms with Gasteiger partial charge in [0.25, 0.3) is 11.8 Å². The predicted molar refractivity (Wildman–Crippen MR) is 141 cm³/mol. The van der Waals surface area contributed by atoms with Gasteiger partial charge in [-0.15, -0.1) is 0 Å². The van der Waals surface area contributed by atoms with Gasteiger partial charge in [-0.05, 0) is 39.3 Å². The number of piperazine rings is 1. The van der Waals surface area contributed by atoms with Gasteiger partial charge in [0.15, 0.2) is 6.61 Å². The van der Waals surface area contributed by atoms with Crippen LogP contribution in [0.15, 0.2) is 59.4 Å². The number of amides is 3. The van der Waals surface area contributed by atoms with Crippen molar-refractivity contribution in [1.29, 1.82) is 0 Å². The number of benzene rings is 2. The lowest BCUT2D eigenvalue weighted by Gasteiger charge is -2.35. The molecular weight excluding hydrogens is 486 g/mol. The van der Waals surface area contributed by atoms with E-state index in [1.807, 2.05) is 69.3 Å². The quantitative estimate of drug-likeness (QED) is 0.479. The summed E-state index contributed by atoms with van der Waals surface area (Å²) < 4.78 is 5.50. The molecule has 0 aliphatic carbocycles. The molecule has 6 rings (SSSR count). The number of carbonyl (C=O) groups excluding carboxylic acids is 3. The molecule has 4 aliphatic rings. The maximum atomic E-state index is 13.0. The van der Waals surface area contributed by atoms with E-state index < -0.39 is 5.60 Å². The number of anilines is 2. The van der Waals surface area contributed by atoms with Crippen LogP contribution in [0.1, 0.15) is 38.3 Å². The normalized spacial score (nSPS) is 24.3. The predicted octanol–water partition coefficient (Wildman–Crippen LogP) is 3.42. The first-order chi connectivity index (χ1) is 18.2. The first-order valence-corrected chi connectivity index (χ1v) is 12.7. The van der Waals surface area contributed by atoms with E-state index in [0.29, 0.717) is 30.1 Å². The summed E-state index contributed by atoms with van der Waals surface area (Å²) in [5.41, 5.74) is 4.02. The molecule has 0 saturated carbocycles. The number of hydrogen-bond donors (Lipinski definition) is 2. The zero-order valence-corrected chi connectivity index (χ0v) is 21.5. The number of hydrogen-bond acceptors (Lipinski definition) is 7. The maximum Gasteiger partial charge on any atom is 0.410 e. The summed E-state index contributed by atoms with van der Waals surface area (Å²) in [7, 11) is 0. The Kier molecular flexibility index (Phi) is 5.62. The number of nitrogens with one attached hydrogen (secondary N) is 2. The molecule has 0 spiro atoms. The van der Waals surface area contributed by atoms with Crippen molar-refractivity contribution in [3.63, 3.8) is 0 Å². The standard InChI is InChI=1S/C28H29N5O5/c1-28(2,3)38-27(36)33-14-16-12-17(33)13-32(16)22(34)15-37-31-24-19-9-5-7-11-21(19)29-25(24)23-18-8-4-6-10-20(18)30-26(23)35/h4-11,16-17,29H,12-15H2,1-3H3,(H,30,35)/b25-23-,31-24+/t16-,17-/m0/s1. The van der Waals surface area contributed by atoms with Crippen LogP contribution in [0.25, 0.3) is 5.57 Å². The third kappa shape index (κ3) is 4.15. The molecule has 2 fully saturated rings. The zero-order valence-electron chi connectivity index (χ0n) is 21.5. The van der Waals surface area contributed by atoms with Gasteiger partial charge in [0.1, 0.15) is 11.3 Å². The van der Waals surface area contributed by atoms with Gasteiger partial charge in [0.05, 0.1) is 23.4 Å². The van der Waals surface area contributed by atoms with Crippen molar-refractivity contribution in [2.45, 2.75) is 44.9 Å². The molecular formula is C28H29N5O5. The van der Waals surface area contributed by atoms with E-state index in [1.165, 1.54) is 0 Å². The van der Waals surface area contributed by atoms with E-state index in [1.54, 1.807) is 9.80 Å². The van der Waals surface area contributed by atoms with Crippen LogP contribution in [0.2, 0.25) is 0 Å². The molecule has 0 radical (unpaired) electrons. The molecule has 2 atom stereocenters. The molecule has 196 valence electrons. The van der Waals surface area contributed by atoms with Gasteiger partial charge >= 0.3 is 6.09 Å². The van der Waals surface area contributed by atoms with E-state index in [4.69, 9.17) is 9.57 Å². The molecule has 38 heavy (non-hydrogen) atoms. The first-order valence-electron chi connectivity index (χ1n) is 12.7. The minimum absolute atomic E-state index is 0.0618. The number of rotatable bonds is 3. The number of nitrogens with zero attached hydrogens (tertiary/aromatic N) is 3. The number of para-hydroxylation sites is 2. The maximum absolute atomic E-state index is 13.0. The Morgan fingerprint density at radius 1 is 0.947 bits per heavy atom. The number of fused-ring (bicyclic) bond motifs is 4. The lowest BCUT2D eigenvalue weighted by molar-refractivity contribution is -0.138. The van der Waals surface area contributed by atoms with Gasteiger partial charge in [0.2, 0.25) is 0 Å². The van der Waals surface area contributed by atoms with Crippen LogP contribution in [-0.4, -0.2) is 70.8 Å². The zero-order chi connectivity index (χ0) is 26.6. The van der Waals surface area contributed by atoms with Crippen LogP contribution in [0.4, 0.5) is 16.2 Å². The van der Waals surface area contributed by atoms with E-state index in [2.05, 4.69) is 15.8 Å². The van der Waals surface area contributed by atoms with Crippen molar-refractivity contribution in [3.05, 3.63) is 65.4 Å². The van der Waals surface area contributed by atoms with Crippen molar-refractivity contribution in [1.82, 2.24) is 9.80 Å². The van der Waals surface area contributed by atoms with E-state index >= 15 is 0 Å². The largest absolute Gasteiger partial charge is 0.444 e. The van der Waals surface area contributed by atoms with Crippen LogP contribution < -0.4 is 10.6 Å². The molecule has 2 aromatic rings. The van der Waals surface area contributed by atoms with E-state index in [9.17, 15) is 14.4 Å². The third-order valence-corrected chi connectivity index (χ3v) is 7.13. The Morgan fingerprint density at radius 3 is 2.26 bits per heavy atom. The van der Waals surface area contributed by atoms with Crippen molar-refractivity contribution >= 4 is 40.6 Å². The summed E-state index contributed by atoms with van der Waals surface area (Å²) >= 11 is 0. The van der Waals surface area contributed by atoms with E-state index in [0.717, 1.165) is 28.9 Å². The fraction of sp³-hybridized carbons (Fsp3) is 0.357. The van der Waals surface area contributed by atoms with Crippen LogP contribution in [-0.2, 0) is 19.2 Å². The Hall–Kier alpha value is -4.34. The first kappa shape index (κ1) is 24.0. The summed E-state index contributed by atoms with van der Waals surface area (Å²) in [4.78, 5) is 47.5. The Bertz CT molecular complexity index is 1410. The number of likely N-dealkylation sites (tertiary alicyclic amines) is 2. The highest BCUT2D eigenvalue weighted by Crippen LogP contribution is 2.39. The van der Waals surface area contributed by atoms with Crippen LogP contribution >= 0.6 is 0 Å². The molecule has 2 bridgehead atoms. The van der Waals surface area contributed by atoms with Gasteiger partial charge in [-0.1, -0.05) is 41.6 Å². The summed E-state index contributed by atoms with van der Waals surface area (Å²) in [6, 6.07) is 14.9. The Balaban J connectivity index is 1.18. The topological polar surface area (TPSA) is 113 Å². The monoisotopic (exact) mass is 515 g/mol. The lowest BCUT2D eigenvalue weighted by Crippen LogP contribution is -2.52. The molecule has 10 nitrogen and oxygen atoms in total. The summed E-state index contributed by atoms with van der Waals surface area (Å²) in [6.45, 7) is 6.16. The van der Waals surface area contributed by atoms with Crippen molar-refractivity contribution in [3.8, 4) is 0 Å². The second kappa shape index (κ2) is 8.90. The highest BCUT2D eigenvalue weighted by molar-refractivity contribution is 6.39. The average Bonchev–Trinajstić information content (AvgIpc) is 3.63. The summed E-state index contributed by atoms with van der Waals surface area (Å²) in [5, 5.41) is 10.5. The van der Waals surface area contributed by atoms with Crippen molar-refractivity contribution < 1.29 is 24.0 Å². The minimum Gasteiger partial charge on any atom is -0.444 e. The Labute approximate surface area is 220 Å².